The van der Waals surface area contributed by atoms with Crippen LogP contribution in [-0.2, 0) is 11.3 Å². The lowest BCUT2D eigenvalue weighted by Crippen LogP contribution is -2.23. The maximum Gasteiger partial charge on any atom is 0.220 e. The Bertz CT molecular complexity index is 726. The number of benzene rings is 1. The van der Waals surface area contributed by atoms with E-state index in [0.717, 1.165) is 22.5 Å². The van der Waals surface area contributed by atoms with Crippen molar-refractivity contribution in [3.8, 4) is 5.69 Å². The molecule has 140 valence electrons. The van der Waals surface area contributed by atoms with E-state index in [1.807, 2.05) is 11.5 Å². The van der Waals surface area contributed by atoms with Gasteiger partial charge in [0.25, 0.3) is 0 Å². The third-order valence-corrected chi connectivity index (χ3v) is 5.88. The zero-order chi connectivity index (χ0) is 18.4. The van der Waals surface area contributed by atoms with E-state index in [0.29, 0.717) is 18.8 Å². The minimum atomic E-state index is -0.279. The van der Waals surface area contributed by atoms with Crippen LogP contribution in [0.25, 0.3) is 5.69 Å². The van der Waals surface area contributed by atoms with Crippen molar-refractivity contribution in [2.45, 2.75) is 57.1 Å². The summed E-state index contributed by atoms with van der Waals surface area (Å²) < 4.78 is 15.2. The molecular weight excluding hydrogens is 351 g/mol. The van der Waals surface area contributed by atoms with E-state index >= 15 is 0 Å². The number of thioether (sulfide) groups is 1. The third kappa shape index (κ3) is 4.84. The molecule has 1 heterocycles. The van der Waals surface area contributed by atoms with Gasteiger partial charge >= 0.3 is 0 Å². The molecule has 2 aromatic rings. The van der Waals surface area contributed by atoms with Crippen LogP contribution in [0.5, 0.6) is 0 Å². The van der Waals surface area contributed by atoms with Crippen LogP contribution in [0.3, 0.4) is 0 Å². The minimum Gasteiger partial charge on any atom is -0.349 e. The average Bonchev–Trinajstić information content (AvgIpc) is 3.08. The van der Waals surface area contributed by atoms with Gasteiger partial charge in [-0.2, -0.15) is 0 Å². The van der Waals surface area contributed by atoms with E-state index in [4.69, 9.17) is 0 Å². The SMILES string of the molecule is CCC(=O)NCc1nnc(SCC2CCCCC2)n1-c1ccc(F)cc1. The van der Waals surface area contributed by atoms with Crippen LogP contribution < -0.4 is 5.32 Å². The van der Waals surface area contributed by atoms with Gasteiger partial charge in [0.15, 0.2) is 11.0 Å². The molecule has 1 amide bonds. The predicted molar refractivity (Wildman–Crippen MR) is 101 cm³/mol. The van der Waals surface area contributed by atoms with Gasteiger partial charge in [0.1, 0.15) is 5.82 Å². The summed E-state index contributed by atoms with van der Waals surface area (Å²) in [5, 5.41) is 12.2. The van der Waals surface area contributed by atoms with Crippen molar-refractivity contribution >= 4 is 17.7 Å². The Hall–Kier alpha value is -1.89. The number of halogens is 1. The van der Waals surface area contributed by atoms with Crippen molar-refractivity contribution < 1.29 is 9.18 Å². The van der Waals surface area contributed by atoms with Crippen molar-refractivity contribution in [2.75, 3.05) is 5.75 Å². The molecular formula is C19H25FN4OS. The maximum absolute atomic E-state index is 13.3. The molecule has 1 aliphatic rings. The van der Waals surface area contributed by atoms with Gasteiger partial charge in [-0.3, -0.25) is 9.36 Å². The van der Waals surface area contributed by atoms with Crippen LogP contribution in [0.1, 0.15) is 51.3 Å². The molecule has 0 bridgehead atoms. The molecule has 0 unspecified atom stereocenters. The van der Waals surface area contributed by atoms with Crippen LogP contribution >= 0.6 is 11.8 Å². The quantitative estimate of drug-likeness (QED) is 0.739. The molecule has 1 aromatic heterocycles. The Morgan fingerprint density at radius 2 is 1.96 bits per heavy atom. The van der Waals surface area contributed by atoms with Gasteiger partial charge in [0.2, 0.25) is 5.91 Å². The summed E-state index contributed by atoms with van der Waals surface area (Å²) in [7, 11) is 0. The Morgan fingerprint density at radius 3 is 2.65 bits per heavy atom. The lowest BCUT2D eigenvalue weighted by Gasteiger charge is -2.20. The molecule has 0 saturated heterocycles. The summed E-state index contributed by atoms with van der Waals surface area (Å²) >= 11 is 1.70. The highest BCUT2D eigenvalue weighted by Gasteiger charge is 2.19. The minimum absolute atomic E-state index is 0.0323. The molecule has 0 aliphatic heterocycles. The topological polar surface area (TPSA) is 59.8 Å². The standard InChI is InChI=1S/C19H25FN4OS/c1-2-18(25)21-12-17-22-23-19(26-13-14-6-4-3-5-7-14)24(17)16-10-8-15(20)9-11-16/h8-11,14H,2-7,12-13H2,1H3,(H,21,25). The number of amides is 1. The van der Waals surface area contributed by atoms with E-state index < -0.39 is 0 Å². The molecule has 26 heavy (non-hydrogen) atoms. The zero-order valence-corrected chi connectivity index (χ0v) is 15.9. The van der Waals surface area contributed by atoms with Crippen molar-refractivity contribution in [3.63, 3.8) is 0 Å². The number of rotatable bonds is 7. The highest BCUT2D eigenvalue weighted by Crippen LogP contribution is 2.30. The molecule has 1 aromatic carbocycles. The second-order valence-corrected chi connectivity index (χ2v) is 7.64. The molecule has 5 nitrogen and oxygen atoms in total. The fourth-order valence-electron chi connectivity index (χ4n) is 3.21. The van der Waals surface area contributed by atoms with Gasteiger partial charge in [-0.25, -0.2) is 4.39 Å². The first-order chi connectivity index (χ1) is 12.7. The summed E-state index contributed by atoms with van der Waals surface area (Å²) in [4.78, 5) is 11.6. The average molecular weight is 377 g/mol. The van der Waals surface area contributed by atoms with Crippen molar-refractivity contribution in [2.24, 2.45) is 5.92 Å². The second-order valence-electron chi connectivity index (χ2n) is 6.66. The number of hydrogen-bond acceptors (Lipinski definition) is 4. The number of carbonyl (C=O) groups is 1. The Morgan fingerprint density at radius 1 is 1.23 bits per heavy atom. The zero-order valence-electron chi connectivity index (χ0n) is 15.1. The first-order valence-corrected chi connectivity index (χ1v) is 10.3. The molecule has 0 atom stereocenters. The van der Waals surface area contributed by atoms with Gasteiger partial charge < -0.3 is 5.32 Å². The lowest BCUT2D eigenvalue weighted by atomic mass is 9.91. The van der Waals surface area contributed by atoms with Crippen LogP contribution in [0.4, 0.5) is 4.39 Å². The Labute approximate surface area is 157 Å². The monoisotopic (exact) mass is 376 g/mol. The molecule has 1 aliphatic carbocycles. The summed E-state index contributed by atoms with van der Waals surface area (Å²) in [6.45, 7) is 2.12. The van der Waals surface area contributed by atoms with Crippen LogP contribution in [-0.4, -0.2) is 26.4 Å². The predicted octanol–water partition coefficient (Wildman–Crippen LogP) is 4.11. The molecule has 3 rings (SSSR count). The molecule has 7 heteroatoms. The number of nitrogens with zero attached hydrogens (tertiary/aromatic N) is 3. The molecule has 0 spiro atoms. The second kappa shape index (κ2) is 9.16. The Balaban J connectivity index is 1.79. The first-order valence-electron chi connectivity index (χ1n) is 9.27. The van der Waals surface area contributed by atoms with Gasteiger partial charge in [0, 0.05) is 17.9 Å². The fraction of sp³-hybridized carbons (Fsp3) is 0.526. The number of carbonyl (C=O) groups excluding carboxylic acids is 1. The summed E-state index contributed by atoms with van der Waals surface area (Å²) in [5.74, 6) is 2.08. The van der Waals surface area contributed by atoms with Gasteiger partial charge in [-0.1, -0.05) is 37.9 Å². The van der Waals surface area contributed by atoms with Crippen LogP contribution in [0.2, 0.25) is 0 Å². The lowest BCUT2D eigenvalue weighted by molar-refractivity contribution is -0.120. The highest BCUT2D eigenvalue weighted by atomic mass is 32.2. The fourth-order valence-corrected chi connectivity index (χ4v) is 4.36. The van der Waals surface area contributed by atoms with Crippen molar-refractivity contribution in [1.82, 2.24) is 20.1 Å². The van der Waals surface area contributed by atoms with E-state index in [1.165, 1.54) is 44.2 Å². The molecule has 1 saturated carbocycles. The molecule has 0 radical (unpaired) electrons. The van der Waals surface area contributed by atoms with Crippen LogP contribution in [0.15, 0.2) is 29.4 Å². The summed E-state index contributed by atoms with van der Waals surface area (Å²) in [6, 6.07) is 6.29. The van der Waals surface area contributed by atoms with Crippen LogP contribution in [0, 0.1) is 11.7 Å². The maximum atomic E-state index is 13.3. The highest BCUT2D eigenvalue weighted by molar-refractivity contribution is 7.99. The third-order valence-electron chi connectivity index (χ3n) is 4.72. The normalized spacial score (nSPS) is 15.2. The first kappa shape index (κ1) is 18.9. The van der Waals surface area contributed by atoms with Crippen molar-refractivity contribution in [3.05, 3.63) is 35.9 Å². The van der Waals surface area contributed by atoms with E-state index in [1.54, 1.807) is 23.9 Å². The van der Waals surface area contributed by atoms with E-state index in [2.05, 4.69) is 15.5 Å². The number of hydrogen-bond donors (Lipinski definition) is 1. The summed E-state index contributed by atoms with van der Waals surface area (Å²) in [6.07, 6.45) is 6.94. The number of nitrogens with one attached hydrogen (secondary N) is 1. The largest absolute Gasteiger partial charge is 0.349 e. The van der Waals surface area contributed by atoms with Gasteiger partial charge in [-0.05, 0) is 43.0 Å². The number of aromatic nitrogens is 3. The van der Waals surface area contributed by atoms with Gasteiger partial charge in [0.05, 0.1) is 6.54 Å². The van der Waals surface area contributed by atoms with Crippen molar-refractivity contribution in [1.29, 1.82) is 0 Å². The Kier molecular flexibility index (Phi) is 6.66. The smallest absolute Gasteiger partial charge is 0.220 e. The van der Waals surface area contributed by atoms with Gasteiger partial charge in [-0.15, -0.1) is 10.2 Å². The van der Waals surface area contributed by atoms with E-state index in [-0.39, 0.29) is 11.7 Å². The summed E-state index contributed by atoms with van der Waals surface area (Å²) in [5.41, 5.74) is 0.809. The molecule has 1 N–H and O–H groups in total. The van der Waals surface area contributed by atoms with E-state index in [9.17, 15) is 9.18 Å². The molecule has 1 fully saturated rings.